The first-order chi connectivity index (χ1) is 7.33. The molecule has 0 amide bonds. The molecule has 0 atom stereocenters. The molecule has 0 heterocycles. The van der Waals surface area contributed by atoms with E-state index in [0.29, 0.717) is 13.2 Å². The molecule has 1 aromatic carbocycles. The topological polar surface area (TPSA) is 18.5 Å². The van der Waals surface area contributed by atoms with E-state index in [2.05, 4.69) is 6.92 Å². The lowest BCUT2D eigenvalue weighted by atomic mass is 10.2. The van der Waals surface area contributed by atoms with E-state index in [-0.39, 0.29) is 0 Å². The molecule has 0 radical (unpaired) electrons. The molecule has 2 heteroatoms. The molecule has 0 saturated heterocycles. The predicted molar refractivity (Wildman–Crippen MR) is 64.5 cm³/mol. The number of hydrogen-bond donors (Lipinski definition) is 0. The number of rotatable bonds is 5. The molecule has 0 spiro atoms. The zero-order valence-corrected chi connectivity index (χ0v) is 10.2. The van der Waals surface area contributed by atoms with Crippen LogP contribution in [0, 0.1) is 6.92 Å². The Hall–Kier alpha value is -1.02. The second-order valence-electron chi connectivity index (χ2n) is 2.86. The van der Waals surface area contributed by atoms with Crippen LogP contribution in [0.25, 0.3) is 0 Å². The summed E-state index contributed by atoms with van der Waals surface area (Å²) in [6.45, 7) is 10.1. The standard InChI is InChI=1S/C11H16O2.C2H6/c1-3-12-8-9-13-11-6-4-10(2)5-7-11;1-2/h4-7H,3,8-9H2,1-2H3;1-2H3. The number of benzene rings is 1. The summed E-state index contributed by atoms with van der Waals surface area (Å²) < 4.78 is 10.6. The van der Waals surface area contributed by atoms with Gasteiger partial charge in [0, 0.05) is 6.61 Å². The van der Waals surface area contributed by atoms with Gasteiger partial charge in [-0.3, -0.25) is 0 Å². The van der Waals surface area contributed by atoms with Crippen molar-refractivity contribution < 1.29 is 9.47 Å². The molecule has 0 fully saturated rings. The van der Waals surface area contributed by atoms with E-state index >= 15 is 0 Å². The summed E-state index contributed by atoms with van der Waals surface area (Å²) in [5, 5.41) is 0. The highest BCUT2D eigenvalue weighted by atomic mass is 16.5. The van der Waals surface area contributed by atoms with Crippen molar-refractivity contribution in [3.05, 3.63) is 29.8 Å². The van der Waals surface area contributed by atoms with Crippen LogP contribution in [0.5, 0.6) is 5.75 Å². The second-order valence-corrected chi connectivity index (χ2v) is 2.86. The van der Waals surface area contributed by atoms with E-state index in [1.807, 2.05) is 45.0 Å². The Balaban J connectivity index is 0.000000921. The van der Waals surface area contributed by atoms with Crippen LogP contribution in [0.15, 0.2) is 24.3 Å². The molecule has 0 bridgehead atoms. The molecule has 0 aliphatic rings. The lowest BCUT2D eigenvalue weighted by molar-refractivity contribution is 0.110. The average molecular weight is 210 g/mol. The third-order valence-electron chi connectivity index (χ3n) is 1.72. The fourth-order valence-electron chi connectivity index (χ4n) is 0.997. The Morgan fingerprint density at radius 3 is 2.13 bits per heavy atom. The maximum Gasteiger partial charge on any atom is 0.119 e. The van der Waals surface area contributed by atoms with E-state index in [4.69, 9.17) is 9.47 Å². The Labute approximate surface area is 93.2 Å². The first kappa shape index (κ1) is 14.0. The SMILES string of the molecule is CC.CCOCCOc1ccc(C)cc1. The van der Waals surface area contributed by atoms with Crippen molar-refractivity contribution in [2.75, 3.05) is 19.8 Å². The second kappa shape index (κ2) is 9.53. The fraction of sp³-hybridized carbons (Fsp3) is 0.538. The van der Waals surface area contributed by atoms with E-state index in [0.717, 1.165) is 12.4 Å². The van der Waals surface area contributed by atoms with Crippen molar-refractivity contribution in [1.82, 2.24) is 0 Å². The summed E-state index contributed by atoms with van der Waals surface area (Å²) in [6, 6.07) is 8.02. The first-order valence-electron chi connectivity index (χ1n) is 5.60. The van der Waals surface area contributed by atoms with Gasteiger partial charge in [-0.2, -0.15) is 0 Å². The number of ether oxygens (including phenoxy) is 2. The molecule has 0 aliphatic carbocycles. The van der Waals surface area contributed by atoms with Gasteiger partial charge in [-0.25, -0.2) is 0 Å². The lowest BCUT2D eigenvalue weighted by Gasteiger charge is -2.05. The highest BCUT2D eigenvalue weighted by Crippen LogP contribution is 2.10. The number of hydrogen-bond acceptors (Lipinski definition) is 2. The van der Waals surface area contributed by atoms with E-state index in [1.165, 1.54) is 5.56 Å². The van der Waals surface area contributed by atoms with Gasteiger partial charge in [0.15, 0.2) is 0 Å². The molecular formula is C13H22O2. The highest BCUT2D eigenvalue weighted by Gasteiger charge is 1.91. The summed E-state index contributed by atoms with van der Waals surface area (Å²) >= 11 is 0. The molecule has 0 unspecified atom stereocenters. The van der Waals surface area contributed by atoms with Crippen molar-refractivity contribution in [3.63, 3.8) is 0 Å². The molecule has 15 heavy (non-hydrogen) atoms. The van der Waals surface area contributed by atoms with Crippen molar-refractivity contribution in [2.24, 2.45) is 0 Å². The van der Waals surface area contributed by atoms with Gasteiger partial charge in [0.2, 0.25) is 0 Å². The van der Waals surface area contributed by atoms with Crippen LogP contribution < -0.4 is 4.74 Å². The largest absolute Gasteiger partial charge is 0.491 e. The third-order valence-corrected chi connectivity index (χ3v) is 1.72. The predicted octanol–water partition coefficient (Wildman–Crippen LogP) is 3.44. The molecule has 1 aromatic rings. The van der Waals surface area contributed by atoms with Gasteiger partial charge >= 0.3 is 0 Å². The summed E-state index contributed by atoms with van der Waals surface area (Å²) in [5.41, 5.74) is 1.25. The van der Waals surface area contributed by atoms with Crippen LogP contribution in [0.2, 0.25) is 0 Å². The van der Waals surface area contributed by atoms with Crippen molar-refractivity contribution in [3.8, 4) is 5.75 Å². The fourth-order valence-corrected chi connectivity index (χ4v) is 0.997. The summed E-state index contributed by atoms with van der Waals surface area (Å²) in [7, 11) is 0. The van der Waals surface area contributed by atoms with E-state index in [1.54, 1.807) is 0 Å². The van der Waals surface area contributed by atoms with Crippen molar-refractivity contribution in [2.45, 2.75) is 27.7 Å². The molecule has 2 nitrogen and oxygen atoms in total. The molecule has 1 rings (SSSR count). The third kappa shape index (κ3) is 6.97. The van der Waals surface area contributed by atoms with Crippen molar-refractivity contribution in [1.29, 1.82) is 0 Å². The normalized spacial score (nSPS) is 9.07. The van der Waals surface area contributed by atoms with E-state index < -0.39 is 0 Å². The molecule has 0 N–H and O–H groups in total. The zero-order valence-electron chi connectivity index (χ0n) is 10.2. The zero-order chi connectivity index (χ0) is 11.5. The van der Waals surface area contributed by atoms with Gasteiger partial charge in [0.25, 0.3) is 0 Å². The molecular weight excluding hydrogens is 188 g/mol. The Morgan fingerprint density at radius 2 is 1.60 bits per heavy atom. The van der Waals surface area contributed by atoms with Crippen LogP contribution in [0.3, 0.4) is 0 Å². The molecule has 86 valence electrons. The minimum absolute atomic E-state index is 0.622. The van der Waals surface area contributed by atoms with Crippen LogP contribution in [0.1, 0.15) is 26.3 Å². The van der Waals surface area contributed by atoms with Gasteiger partial charge in [-0.15, -0.1) is 0 Å². The Morgan fingerprint density at radius 1 is 1.00 bits per heavy atom. The average Bonchev–Trinajstić information content (AvgIpc) is 2.30. The van der Waals surface area contributed by atoms with Gasteiger partial charge in [0.05, 0.1) is 6.61 Å². The summed E-state index contributed by atoms with van der Waals surface area (Å²) in [4.78, 5) is 0. The quantitative estimate of drug-likeness (QED) is 0.693. The van der Waals surface area contributed by atoms with Crippen molar-refractivity contribution >= 4 is 0 Å². The van der Waals surface area contributed by atoms with Gasteiger partial charge in [-0.05, 0) is 26.0 Å². The number of aryl methyl sites for hydroxylation is 1. The minimum atomic E-state index is 0.622. The molecule has 0 saturated carbocycles. The van der Waals surface area contributed by atoms with Gasteiger partial charge in [0.1, 0.15) is 12.4 Å². The Bertz CT molecular complexity index is 229. The smallest absolute Gasteiger partial charge is 0.119 e. The first-order valence-corrected chi connectivity index (χ1v) is 5.60. The molecule has 0 aliphatic heterocycles. The van der Waals surface area contributed by atoms with E-state index in [9.17, 15) is 0 Å². The molecule has 0 aromatic heterocycles. The lowest BCUT2D eigenvalue weighted by Crippen LogP contribution is -2.06. The van der Waals surface area contributed by atoms with Gasteiger partial charge < -0.3 is 9.47 Å². The summed E-state index contributed by atoms with van der Waals surface area (Å²) in [6.07, 6.45) is 0. The van der Waals surface area contributed by atoms with Crippen LogP contribution in [-0.4, -0.2) is 19.8 Å². The monoisotopic (exact) mass is 210 g/mol. The van der Waals surface area contributed by atoms with Crippen LogP contribution >= 0.6 is 0 Å². The van der Waals surface area contributed by atoms with Crippen LogP contribution in [-0.2, 0) is 4.74 Å². The maximum absolute atomic E-state index is 5.44. The van der Waals surface area contributed by atoms with Crippen LogP contribution in [0.4, 0.5) is 0 Å². The summed E-state index contributed by atoms with van der Waals surface area (Å²) in [5.74, 6) is 0.908. The Kier molecular flexibility index (Phi) is 8.88. The highest BCUT2D eigenvalue weighted by molar-refractivity contribution is 5.26. The van der Waals surface area contributed by atoms with Gasteiger partial charge in [-0.1, -0.05) is 31.5 Å². The minimum Gasteiger partial charge on any atom is -0.491 e. The maximum atomic E-state index is 5.44.